The number of hydrogen-bond acceptors (Lipinski definition) is 4. The number of aryl methyl sites for hydroxylation is 1. The first-order chi connectivity index (χ1) is 11.2. The molecule has 0 atom stereocenters. The van der Waals surface area contributed by atoms with Crippen LogP contribution in [0.3, 0.4) is 0 Å². The topological polar surface area (TPSA) is 58.2 Å². The van der Waals surface area contributed by atoms with Crippen molar-refractivity contribution in [2.45, 2.75) is 24.9 Å². The normalized spacial score (nSPS) is 14.3. The molecule has 2 heterocycles. The highest BCUT2D eigenvalue weighted by Crippen LogP contribution is 2.20. The van der Waals surface area contributed by atoms with Gasteiger partial charge in [0, 0.05) is 24.4 Å². The van der Waals surface area contributed by atoms with Crippen molar-refractivity contribution < 1.29 is 9.53 Å². The average molecular weight is 331 g/mol. The molecule has 0 bridgehead atoms. The predicted octanol–water partition coefficient (Wildman–Crippen LogP) is 3.24. The maximum atomic E-state index is 11.3. The average Bonchev–Trinajstić information content (AvgIpc) is 3.11. The van der Waals surface area contributed by atoms with E-state index in [1.807, 2.05) is 6.07 Å². The van der Waals surface area contributed by atoms with Crippen molar-refractivity contribution in [3.63, 3.8) is 0 Å². The highest BCUT2D eigenvalue weighted by Gasteiger charge is 2.20. The van der Waals surface area contributed by atoms with Gasteiger partial charge in [-0.1, -0.05) is 42.1 Å². The molecule has 5 nitrogen and oxygen atoms in total. The maximum Gasteiger partial charge on any atom is 0.409 e. The minimum absolute atomic E-state index is 0.186. The number of cyclic esters (lactones) is 1. The predicted molar refractivity (Wildman–Crippen MR) is 90.8 cm³/mol. The molecule has 3 rings (SSSR count). The van der Waals surface area contributed by atoms with Gasteiger partial charge in [0.2, 0.25) is 0 Å². The molecule has 1 aromatic carbocycles. The Kier molecular flexibility index (Phi) is 5.23. The molecule has 0 radical (unpaired) electrons. The summed E-state index contributed by atoms with van der Waals surface area (Å²) in [5.41, 5.74) is 3.49. The fraction of sp³-hybridized carbons (Fsp3) is 0.412. The molecule has 0 unspecified atom stereocenters. The van der Waals surface area contributed by atoms with Gasteiger partial charge in [-0.3, -0.25) is 0 Å². The first-order valence-electron chi connectivity index (χ1n) is 7.86. The molecular formula is C17H21N3O2S. The van der Waals surface area contributed by atoms with E-state index < -0.39 is 0 Å². The van der Waals surface area contributed by atoms with Gasteiger partial charge in [0.05, 0.1) is 12.2 Å². The van der Waals surface area contributed by atoms with E-state index >= 15 is 0 Å². The van der Waals surface area contributed by atoms with E-state index in [1.165, 1.54) is 5.56 Å². The number of ether oxygens (including phenoxy) is 1. The zero-order chi connectivity index (χ0) is 16.1. The molecule has 6 heteroatoms. The lowest BCUT2D eigenvalue weighted by Gasteiger charge is -2.11. The second kappa shape index (κ2) is 7.55. The molecule has 1 aliphatic heterocycles. The van der Waals surface area contributed by atoms with Gasteiger partial charge in [-0.2, -0.15) is 0 Å². The highest BCUT2D eigenvalue weighted by atomic mass is 32.2. The Morgan fingerprint density at radius 3 is 2.91 bits per heavy atom. The van der Waals surface area contributed by atoms with E-state index in [-0.39, 0.29) is 6.09 Å². The Labute approximate surface area is 140 Å². The minimum atomic E-state index is -0.186. The Morgan fingerprint density at radius 2 is 2.17 bits per heavy atom. The number of nitrogens with one attached hydrogen (secondary N) is 1. The molecule has 1 aromatic heterocycles. The Bertz CT molecular complexity index is 657. The first-order valence-corrected chi connectivity index (χ1v) is 8.85. The molecular weight excluding hydrogens is 310 g/mol. The number of imidazole rings is 1. The quantitative estimate of drug-likeness (QED) is 0.625. The van der Waals surface area contributed by atoms with Gasteiger partial charge in [0.15, 0.2) is 5.16 Å². The van der Waals surface area contributed by atoms with Crippen LogP contribution in [0.15, 0.2) is 35.5 Å². The third kappa shape index (κ3) is 4.28. The van der Waals surface area contributed by atoms with Crippen molar-refractivity contribution in [1.29, 1.82) is 0 Å². The van der Waals surface area contributed by atoms with Crippen LogP contribution in [0.2, 0.25) is 0 Å². The van der Waals surface area contributed by atoms with Crippen molar-refractivity contribution in [3.05, 3.63) is 47.3 Å². The zero-order valence-corrected chi connectivity index (χ0v) is 14.1. The molecule has 1 fully saturated rings. The van der Waals surface area contributed by atoms with Gasteiger partial charge in [-0.05, 0) is 18.9 Å². The molecule has 122 valence electrons. The van der Waals surface area contributed by atoms with Crippen LogP contribution < -0.4 is 0 Å². The molecule has 0 saturated carbocycles. The van der Waals surface area contributed by atoms with Gasteiger partial charge in [0.25, 0.3) is 0 Å². The van der Waals surface area contributed by atoms with Crippen LogP contribution in [0.25, 0.3) is 0 Å². The lowest BCUT2D eigenvalue weighted by atomic mass is 10.1. The number of aromatic nitrogens is 2. The van der Waals surface area contributed by atoms with Gasteiger partial charge in [-0.15, -0.1) is 0 Å². The number of thioether (sulfide) groups is 1. The lowest BCUT2D eigenvalue weighted by Crippen LogP contribution is -2.25. The summed E-state index contributed by atoms with van der Waals surface area (Å²) in [7, 11) is 0. The fourth-order valence-corrected chi connectivity index (χ4v) is 3.42. The smallest absolute Gasteiger partial charge is 0.409 e. The van der Waals surface area contributed by atoms with Gasteiger partial charge in [0.1, 0.15) is 6.61 Å². The number of benzene rings is 1. The van der Waals surface area contributed by atoms with Crippen molar-refractivity contribution in [1.82, 2.24) is 14.9 Å². The van der Waals surface area contributed by atoms with Gasteiger partial charge in [-0.25, -0.2) is 9.78 Å². The second-order valence-corrected chi connectivity index (χ2v) is 6.66. The van der Waals surface area contributed by atoms with E-state index in [1.54, 1.807) is 16.7 Å². The van der Waals surface area contributed by atoms with Gasteiger partial charge >= 0.3 is 6.09 Å². The summed E-state index contributed by atoms with van der Waals surface area (Å²) in [5, 5.41) is 0.956. The summed E-state index contributed by atoms with van der Waals surface area (Å²) in [4.78, 5) is 21.1. The van der Waals surface area contributed by atoms with E-state index in [0.29, 0.717) is 13.2 Å². The summed E-state index contributed by atoms with van der Waals surface area (Å²) >= 11 is 1.71. The summed E-state index contributed by atoms with van der Waals surface area (Å²) in [6, 6.07) is 10.4. The molecule has 0 spiro atoms. The van der Waals surface area contributed by atoms with Crippen molar-refractivity contribution in [2.24, 2.45) is 0 Å². The molecule has 2 aromatic rings. The Balaban J connectivity index is 1.47. The lowest BCUT2D eigenvalue weighted by molar-refractivity contribution is 0.158. The van der Waals surface area contributed by atoms with Crippen molar-refractivity contribution >= 4 is 17.9 Å². The third-order valence-corrected chi connectivity index (χ3v) is 4.79. The molecule has 1 saturated heterocycles. The number of nitrogens with zero attached hydrogens (tertiary/aromatic N) is 2. The number of amides is 1. The van der Waals surface area contributed by atoms with Crippen LogP contribution in [0.5, 0.6) is 0 Å². The van der Waals surface area contributed by atoms with Crippen LogP contribution in [0.1, 0.15) is 23.4 Å². The summed E-state index contributed by atoms with van der Waals surface area (Å²) in [6.07, 6.45) is 1.60. The standard InChI is InChI=1S/C17H21N3O2S/c1-13-15(12-14-6-3-2-4-7-14)19-16(18-13)23-11-5-8-20-9-10-22-17(20)21/h2-4,6-7H,5,8-12H2,1H3,(H,18,19). The van der Waals surface area contributed by atoms with Crippen LogP contribution >= 0.6 is 11.8 Å². The third-order valence-electron chi connectivity index (χ3n) is 3.83. The van der Waals surface area contributed by atoms with Gasteiger partial charge < -0.3 is 14.6 Å². The van der Waals surface area contributed by atoms with Crippen molar-refractivity contribution in [2.75, 3.05) is 25.4 Å². The Hall–Kier alpha value is -1.95. The molecule has 1 aliphatic rings. The monoisotopic (exact) mass is 331 g/mol. The minimum Gasteiger partial charge on any atom is -0.448 e. The van der Waals surface area contributed by atoms with E-state index in [4.69, 9.17) is 9.72 Å². The fourth-order valence-electron chi connectivity index (χ4n) is 2.55. The molecule has 0 aliphatic carbocycles. The zero-order valence-electron chi connectivity index (χ0n) is 13.2. The maximum absolute atomic E-state index is 11.3. The number of rotatable bonds is 7. The number of carbonyl (C=O) groups excluding carboxylic acids is 1. The van der Waals surface area contributed by atoms with E-state index in [0.717, 1.165) is 41.7 Å². The summed E-state index contributed by atoms with van der Waals surface area (Å²) in [5.74, 6) is 0.932. The summed E-state index contributed by atoms with van der Waals surface area (Å²) in [6.45, 7) is 4.05. The molecule has 1 amide bonds. The highest BCUT2D eigenvalue weighted by molar-refractivity contribution is 7.99. The van der Waals surface area contributed by atoms with Crippen LogP contribution in [-0.2, 0) is 11.2 Å². The number of hydrogen-bond donors (Lipinski definition) is 1. The largest absolute Gasteiger partial charge is 0.448 e. The van der Waals surface area contributed by atoms with Crippen LogP contribution in [0, 0.1) is 6.92 Å². The van der Waals surface area contributed by atoms with Crippen molar-refractivity contribution in [3.8, 4) is 0 Å². The van der Waals surface area contributed by atoms with Crippen LogP contribution in [-0.4, -0.2) is 46.4 Å². The molecule has 23 heavy (non-hydrogen) atoms. The van der Waals surface area contributed by atoms with E-state index in [9.17, 15) is 4.79 Å². The Morgan fingerprint density at radius 1 is 1.35 bits per heavy atom. The number of carbonyl (C=O) groups is 1. The number of H-pyrrole nitrogens is 1. The number of aromatic amines is 1. The first kappa shape index (κ1) is 15.9. The van der Waals surface area contributed by atoms with E-state index in [2.05, 4.69) is 36.2 Å². The summed E-state index contributed by atoms with van der Waals surface area (Å²) < 4.78 is 4.92. The van der Waals surface area contributed by atoms with Crippen LogP contribution in [0.4, 0.5) is 4.79 Å². The second-order valence-electron chi connectivity index (χ2n) is 5.58. The SMILES string of the molecule is Cc1[nH]c(SCCCN2CCOC2=O)nc1Cc1ccccc1. The molecule has 1 N–H and O–H groups in total.